The number of allylic oxidation sites excluding steroid dienone is 1. The van der Waals surface area contributed by atoms with Gasteiger partial charge in [-0.2, -0.15) is 0 Å². The van der Waals surface area contributed by atoms with Gasteiger partial charge in [0.05, 0.1) is 10.9 Å². The van der Waals surface area contributed by atoms with Crippen molar-refractivity contribution < 1.29 is 0 Å². The monoisotopic (exact) mass is 212 g/mol. The third-order valence-corrected chi connectivity index (χ3v) is 3.03. The number of aromatic nitrogens is 2. The lowest BCUT2D eigenvalue weighted by atomic mass is 10.1. The van der Waals surface area contributed by atoms with Crippen LogP contribution in [0.2, 0.25) is 0 Å². The summed E-state index contributed by atoms with van der Waals surface area (Å²) in [5.41, 5.74) is 1.67. The Balaban J connectivity index is 2.46. The Hall–Kier alpha value is -1.90. The summed E-state index contributed by atoms with van der Waals surface area (Å²) in [4.78, 5) is 16.8. The highest BCUT2D eigenvalue weighted by atomic mass is 16.1. The second-order valence-electron chi connectivity index (χ2n) is 4.11. The summed E-state index contributed by atoms with van der Waals surface area (Å²) in [7, 11) is 0. The zero-order valence-electron chi connectivity index (χ0n) is 8.94. The summed E-state index contributed by atoms with van der Waals surface area (Å²) < 4.78 is 1.67. The van der Waals surface area contributed by atoms with Crippen molar-refractivity contribution in [2.24, 2.45) is 0 Å². The van der Waals surface area contributed by atoms with Crippen LogP contribution >= 0.6 is 0 Å². The van der Waals surface area contributed by atoms with Gasteiger partial charge < -0.3 is 0 Å². The van der Waals surface area contributed by atoms with Gasteiger partial charge in [-0.1, -0.05) is 18.7 Å². The summed E-state index contributed by atoms with van der Waals surface area (Å²) in [6.07, 6.45) is 2.77. The van der Waals surface area contributed by atoms with E-state index in [-0.39, 0.29) is 5.56 Å². The predicted octanol–water partition coefficient (Wildman–Crippen LogP) is 2.20. The van der Waals surface area contributed by atoms with Crippen molar-refractivity contribution in [3.63, 3.8) is 0 Å². The molecule has 2 heterocycles. The van der Waals surface area contributed by atoms with Crippen molar-refractivity contribution in [2.75, 3.05) is 0 Å². The molecule has 1 aliphatic rings. The number of rotatable bonds is 0. The van der Waals surface area contributed by atoms with Gasteiger partial charge in [-0.15, -0.1) is 0 Å². The van der Waals surface area contributed by atoms with Crippen LogP contribution in [0.15, 0.2) is 35.6 Å². The minimum Gasteiger partial charge on any atom is -0.269 e. The van der Waals surface area contributed by atoms with Crippen molar-refractivity contribution in [3.05, 3.63) is 47.0 Å². The fourth-order valence-corrected chi connectivity index (χ4v) is 2.23. The molecule has 0 N–H and O–H groups in total. The molecule has 3 nitrogen and oxygen atoms in total. The van der Waals surface area contributed by atoms with Crippen LogP contribution < -0.4 is 5.56 Å². The first kappa shape index (κ1) is 9.33. The Kier molecular flexibility index (Phi) is 1.93. The molecule has 0 radical (unpaired) electrons. The van der Waals surface area contributed by atoms with E-state index in [0.717, 1.165) is 36.3 Å². The molecule has 0 aliphatic carbocycles. The maximum Gasteiger partial charge on any atom is 0.265 e. The molecule has 0 unspecified atom stereocenters. The van der Waals surface area contributed by atoms with Crippen LogP contribution in [0.1, 0.15) is 18.7 Å². The van der Waals surface area contributed by atoms with Crippen molar-refractivity contribution in [1.29, 1.82) is 0 Å². The van der Waals surface area contributed by atoms with Crippen LogP contribution in [0.3, 0.4) is 0 Å². The van der Waals surface area contributed by atoms with Crippen LogP contribution in [0.25, 0.3) is 16.6 Å². The van der Waals surface area contributed by atoms with Crippen LogP contribution in [0, 0.1) is 0 Å². The second kappa shape index (κ2) is 3.30. The molecular weight excluding hydrogens is 200 g/mol. The molecule has 0 spiro atoms. The van der Waals surface area contributed by atoms with Crippen molar-refractivity contribution in [1.82, 2.24) is 9.55 Å². The lowest BCUT2D eigenvalue weighted by molar-refractivity contribution is 0.683. The highest BCUT2D eigenvalue weighted by molar-refractivity contribution is 5.78. The van der Waals surface area contributed by atoms with E-state index in [4.69, 9.17) is 0 Å². The lowest BCUT2D eigenvalue weighted by Crippen LogP contribution is -2.27. The number of aryl methyl sites for hydroxylation is 1. The zero-order chi connectivity index (χ0) is 11.1. The van der Waals surface area contributed by atoms with Crippen molar-refractivity contribution in [3.8, 4) is 0 Å². The van der Waals surface area contributed by atoms with Gasteiger partial charge in [0.15, 0.2) is 0 Å². The molecule has 3 heteroatoms. The van der Waals surface area contributed by atoms with Crippen LogP contribution in [0.5, 0.6) is 0 Å². The van der Waals surface area contributed by atoms with E-state index in [1.54, 1.807) is 4.57 Å². The highest BCUT2D eigenvalue weighted by Crippen LogP contribution is 2.20. The summed E-state index contributed by atoms with van der Waals surface area (Å²) in [5, 5.41) is 0.675. The smallest absolute Gasteiger partial charge is 0.265 e. The number of para-hydroxylation sites is 1. The molecule has 16 heavy (non-hydrogen) atoms. The number of nitrogens with zero attached hydrogens (tertiary/aromatic N) is 2. The fraction of sp³-hybridized carbons (Fsp3) is 0.231. The minimum absolute atomic E-state index is 0.0188. The molecule has 0 atom stereocenters. The minimum atomic E-state index is 0.0188. The molecule has 0 bridgehead atoms. The molecule has 0 saturated heterocycles. The fourth-order valence-electron chi connectivity index (χ4n) is 2.23. The van der Waals surface area contributed by atoms with E-state index in [0.29, 0.717) is 5.39 Å². The van der Waals surface area contributed by atoms with Gasteiger partial charge in [0.2, 0.25) is 0 Å². The van der Waals surface area contributed by atoms with Gasteiger partial charge in [0.25, 0.3) is 5.56 Å². The average Bonchev–Trinajstić information content (AvgIpc) is 2.29. The molecule has 1 aromatic heterocycles. The predicted molar refractivity (Wildman–Crippen MR) is 64.3 cm³/mol. The Morgan fingerprint density at radius 1 is 1.25 bits per heavy atom. The summed E-state index contributed by atoms with van der Waals surface area (Å²) in [6, 6.07) is 7.47. The SMILES string of the molecule is C=C1CCCc2nc3ccccc3c(=O)n21. The zero-order valence-corrected chi connectivity index (χ0v) is 8.94. The number of benzene rings is 1. The van der Waals surface area contributed by atoms with Crippen LogP contribution in [-0.4, -0.2) is 9.55 Å². The molecule has 0 fully saturated rings. The molecule has 0 saturated carbocycles. The Bertz CT molecular complexity index is 640. The molecular formula is C13H12N2O. The molecule has 80 valence electrons. The van der Waals surface area contributed by atoms with E-state index >= 15 is 0 Å². The highest BCUT2D eigenvalue weighted by Gasteiger charge is 2.16. The summed E-state index contributed by atoms with van der Waals surface area (Å²) >= 11 is 0. The Morgan fingerprint density at radius 2 is 2.06 bits per heavy atom. The lowest BCUT2D eigenvalue weighted by Gasteiger charge is -2.19. The van der Waals surface area contributed by atoms with Gasteiger partial charge in [0, 0.05) is 12.1 Å². The maximum absolute atomic E-state index is 12.2. The van der Waals surface area contributed by atoms with E-state index in [9.17, 15) is 4.79 Å². The third kappa shape index (κ3) is 1.21. The first-order valence-electron chi connectivity index (χ1n) is 5.46. The van der Waals surface area contributed by atoms with Crippen molar-refractivity contribution in [2.45, 2.75) is 19.3 Å². The summed E-state index contributed by atoms with van der Waals surface area (Å²) in [5.74, 6) is 0.847. The number of fused-ring (bicyclic) bond motifs is 2. The molecule has 1 aromatic carbocycles. The first-order chi connectivity index (χ1) is 7.77. The molecule has 0 amide bonds. The van der Waals surface area contributed by atoms with Gasteiger partial charge >= 0.3 is 0 Å². The van der Waals surface area contributed by atoms with Gasteiger partial charge in [-0.25, -0.2) is 4.98 Å². The van der Waals surface area contributed by atoms with Crippen molar-refractivity contribution >= 4 is 16.6 Å². The molecule has 2 aromatic rings. The Labute approximate surface area is 93.1 Å². The third-order valence-electron chi connectivity index (χ3n) is 3.03. The average molecular weight is 212 g/mol. The van der Waals surface area contributed by atoms with Gasteiger partial charge in [-0.3, -0.25) is 9.36 Å². The van der Waals surface area contributed by atoms with Gasteiger partial charge in [-0.05, 0) is 25.0 Å². The molecule has 1 aliphatic heterocycles. The van der Waals surface area contributed by atoms with E-state index in [1.807, 2.05) is 24.3 Å². The van der Waals surface area contributed by atoms with E-state index in [2.05, 4.69) is 11.6 Å². The quantitative estimate of drug-likeness (QED) is 0.671. The van der Waals surface area contributed by atoms with Gasteiger partial charge in [0.1, 0.15) is 5.82 Å². The van der Waals surface area contributed by atoms with E-state index < -0.39 is 0 Å². The van der Waals surface area contributed by atoms with Crippen LogP contribution in [-0.2, 0) is 6.42 Å². The molecule has 3 rings (SSSR count). The topological polar surface area (TPSA) is 34.9 Å². The standard InChI is InChI=1S/C13H12N2O/c1-9-5-4-8-12-14-11-7-3-2-6-10(11)13(16)15(9)12/h2-3,6-7H,1,4-5,8H2. The van der Waals surface area contributed by atoms with Crippen LogP contribution in [0.4, 0.5) is 0 Å². The largest absolute Gasteiger partial charge is 0.269 e. The second-order valence-corrected chi connectivity index (χ2v) is 4.11. The number of hydrogen-bond donors (Lipinski definition) is 0. The summed E-state index contributed by atoms with van der Waals surface area (Å²) in [6.45, 7) is 3.95. The Morgan fingerprint density at radius 3 is 2.94 bits per heavy atom. The normalized spacial score (nSPS) is 15.1. The first-order valence-corrected chi connectivity index (χ1v) is 5.46. The number of hydrogen-bond acceptors (Lipinski definition) is 2. The van der Waals surface area contributed by atoms with E-state index in [1.165, 1.54) is 0 Å². The maximum atomic E-state index is 12.2.